The first kappa shape index (κ1) is 27.7. The van der Waals surface area contributed by atoms with Crippen LogP contribution >= 0.6 is 0 Å². The highest BCUT2D eigenvalue weighted by Crippen LogP contribution is 2.31. The van der Waals surface area contributed by atoms with E-state index in [1.165, 1.54) is 24.8 Å². The van der Waals surface area contributed by atoms with Crippen LogP contribution in [0, 0.1) is 0 Å². The molecule has 0 bridgehead atoms. The number of rotatable bonds is 13. The summed E-state index contributed by atoms with van der Waals surface area (Å²) in [5, 5.41) is 9.84. The number of hydrogen-bond donors (Lipinski definition) is 1. The lowest BCUT2D eigenvalue weighted by Gasteiger charge is -2.14. The first-order valence-electron chi connectivity index (χ1n) is 13.0. The Hall–Kier alpha value is -4.33. The summed E-state index contributed by atoms with van der Waals surface area (Å²) in [7, 11) is 2.93. The van der Waals surface area contributed by atoms with Gasteiger partial charge in [-0.25, -0.2) is 4.79 Å². The Kier molecular flexibility index (Phi) is 9.20. The predicted octanol–water partition coefficient (Wildman–Crippen LogP) is 5.94. The van der Waals surface area contributed by atoms with Gasteiger partial charge in [0.25, 0.3) is 0 Å². The minimum atomic E-state index is -0.958. The first-order chi connectivity index (χ1) is 18.9. The minimum absolute atomic E-state index is 0.135. The number of aliphatic carboxylic acids is 1. The number of hydrogen-bond acceptors (Lipinski definition) is 7. The number of unbranched alkanes of at least 4 members (excludes halogenated alkanes) is 3. The molecule has 204 valence electrons. The van der Waals surface area contributed by atoms with E-state index in [4.69, 9.17) is 18.6 Å². The highest BCUT2D eigenvalue weighted by Gasteiger charge is 2.18. The zero-order valence-electron chi connectivity index (χ0n) is 22.2. The van der Waals surface area contributed by atoms with Crippen LogP contribution in [0.3, 0.4) is 0 Å². The van der Waals surface area contributed by atoms with Gasteiger partial charge in [-0.05, 0) is 73.7 Å². The summed E-state index contributed by atoms with van der Waals surface area (Å²) in [6.07, 6.45) is 4.99. The van der Waals surface area contributed by atoms with Crippen molar-refractivity contribution in [1.82, 2.24) is 0 Å². The lowest BCUT2D eigenvalue weighted by atomic mass is 10.0. The third-order valence-electron chi connectivity index (χ3n) is 6.68. The van der Waals surface area contributed by atoms with Crippen molar-refractivity contribution in [3.63, 3.8) is 0 Å². The summed E-state index contributed by atoms with van der Waals surface area (Å²) in [5.41, 5.74) is 2.36. The molecule has 0 amide bonds. The fraction of sp³-hybridized carbons (Fsp3) is 0.323. The van der Waals surface area contributed by atoms with Crippen LogP contribution in [0.5, 0.6) is 11.5 Å². The Morgan fingerprint density at radius 3 is 2.36 bits per heavy atom. The molecule has 0 aliphatic rings. The Labute approximate surface area is 226 Å². The Bertz CT molecular complexity index is 1520. The molecule has 0 aliphatic carbocycles. The second-order valence-electron chi connectivity index (χ2n) is 9.31. The van der Waals surface area contributed by atoms with E-state index < -0.39 is 11.9 Å². The molecular formula is C31H32O8. The van der Waals surface area contributed by atoms with Crippen molar-refractivity contribution in [3.8, 4) is 11.5 Å². The van der Waals surface area contributed by atoms with Gasteiger partial charge in [0.05, 0.1) is 37.2 Å². The van der Waals surface area contributed by atoms with Crippen LogP contribution in [0.15, 0.2) is 63.8 Å². The Morgan fingerprint density at radius 2 is 1.64 bits per heavy atom. The van der Waals surface area contributed by atoms with Gasteiger partial charge in [-0.1, -0.05) is 25.0 Å². The van der Waals surface area contributed by atoms with Gasteiger partial charge < -0.3 is 23.7 Å². The molecule has 3 aromatic carbocycles. The van der Waals surface area contributed by atoms with E-state index in [0.717, 1.165) is 37.9 Å². The van der Waals surface area contributed by atoms with E-state index in [1.54, 1.807) is 25.3 Å². The van der Waals surface area contributed by atoms with Crippen molar-refractivity contribution >= 4 is 33.9 Å². The molecule has 8 nitrogen and oxygen atoms in total. The molecule has 4 aromatic rings. The second kappa shape index (κ2) is 13.0. The van der Waals surface area contributed by atoms with Crippen molar-refractivity contribution < 1.29 is 33.3 Å². The quantitative estimate of drug-likeness (QED) is 0.128. The van der Waals surface area contributed by atoms with Crippen molar-refractivity contribution in [2.75, 3.05) is 20.8 Å². The average Bonchev–Trinajstić information content (AvgIpc) is 2.95. The molecule has 1 N–H and O–H groups in total. The summed E-state index contributed by atoms with van der Waals surface area (Å²) in [6.45, 7) is 0.467. The summed E-state index contributed by atoms with van der Waals surface area (Å²) < 4.78 is 22.1. The molecule has 0 fully saturated rings. The molecule has 1 aromatic heterocycles. The summed E-state index contributed by atoms with van der Waals surface area (Å²) in [6, 6.07) is 15.9. The van der Waals surface area contributed by atoms with Gasteiger partial charge >= 0.3 is 11.9 Å². The lowest BCUT2D eigenvalue weighted by Crippen LogP contribution is -2.09. The van der Waals surface area contributed by atoms with Crippen LogP contribution in [-0.2, 0) is 22.4 Å². The summed E-state index contributed by atoms with van der Waals surface area (Å²) in [4.78, 5) is 36.5. The zero-order chi connectivity index (χ0) is 27.8. The van der Waals surface area contributed by atoms with E-state index in [-0.39, 0.29) is 29.2 Å². The minimum Gasteiger partial charge on any atom is -0.497 e. The van der Waals surface area contributed by atoms with Gasteiger partial charge in [-0.15, -0.1) is 0 Å². The third-order valence-corrected chi connectivity index (χ3v) is 6.68. The number of carbonyl (C=O) groups excluding carboxylic acids is 1. The average molecular weight is 533 g/mol. The maximum absolute atomic E-state index is 13.3. The molecule has 0 saturated carbocycles. The van der Waals surface area contributed by atoms with Crippen LogP contribution in [0.1, 0.15) is 53.6 Å². The van der Waals surface area contributed by atoms with Gasteiger partial charge in [-0.2, -0.15) is 0 Å². The maximum atomic E-state index is 13.3. The number of fused-ring (bicyclic) bond motifs is 2. The molecule has 0 atom stereocenters. The zero-order valence-corrected chi connectivity index (χ0v) is 22.2. The van der Waals surface area contributed by atoms with Gasteiger partial charge in [-0.3, -0.25) is 9.59 Å². The molecule has 0 radical (unpaired) electrons. The predicted molar refractivity (Wildman–Crippen MR) is 148 cm³/mol. The second-order valence-corrected chi connectivity index (χ2v) is 9.31. The molecular weight excluding hydrogens is 500 g/mol. The lowest BCUT2D eigenvalue weighted by molar-refractivity contribution is -0.136. The number of ether oxygens (including phenoxy) is 3. The molecule has 39 heavy (non-hydrogen) atoms. The molecule has 0 spiro atoms. The monoisotopic (exact) mass is 532 g/mol. The van der Waals surface area contributed by atoms with Gasteiger partial charge in [0.1, 0.15) is 22.7 Å². The SMILES string of the molecule is COC(=O)c1ccc2oc3c(CCC(=O)O)c(OCCCCCCc4ccc(OC)cc4)ccc3c(=O)c2c1. The maximum Gasteiger partial charge on any atom is 0.337 e. The normalized spacial score (nSPS) is 11.0. The molecule has 0 saturated heterocycles. The number of esters is 1. The van der Waals surface area contributed by atoms with Crippen LogP contribution in [0.4, 0.5) is 0 Å². The Balaban J connectivity index is 1.46. The van der Waals surface area contributed by atoms with Crippen molar-refractivity contribution in [2.24, 2.45) is 0 Å². The molecule has 8 heteroatoms. The van der Waals surface area contributed by atoms with Crippen LogP contribution < -0.4 is 14.9 Å². The highest BCUT2D eigenvalue weighted by atomic mass is 16.5. The van der Waals surface area contributed by atoms with E-state index in [9.17, 15) is 19.5 Å². The number of carboxylic acid groups (broad SMARTS) is 1. The smallest absolute Gasteiger partial charge is 0.337 e. The van der Waals surface area contributed by atoms with Crippen molar-refractivity contribution in [2.45, 2.75) is 44.9 Å². The van der Waals surface area contributed by atoms with E-state index >= 15 is 0 Å². The van der Waals surface area contributed by atoms with E-state index in [1.807, 2.05) is 12.1 Å². The van der Waals surface area contributed by atoms with Crippen molar-refractivity contribution in [3.05, 3.63) is 81.5 Å². The van der Waals surface area contributed by atoms with Crippen LogP contribution in [-0.4, -0.2) is 37.9 Å². The third kappa shape index (κ3) is 6.76. The highest BCUT2D eigenvalue weighted by molar-refractivity contribution is 5.97. The molecule has 0 aliphatic heterocycles. The number of carboxylic acids is 1. The standard InChI is InChI=1S/C31H32O8/c1-36-22-11-8-20(9-12-22)7-5-3-4-6-18-38-26-16-13-24-29(34)25-19-21(31(35)37-2)10-15-27(25)39-30(24)23(26)14-17-28(32)33/h8-13,15-16,19H,3-7,14,17-18H2,1-2H3,(H,32,33). The Morgan fingerprint density at radius 1 is 0.872 bits per heavy atom. The van der Waals surface area contributed by atoms with Crippen LogP contribution in [0.25, 0.3) is 21.9 Å². The van der Waals surface area contributed by atoms with Gasteiger partial charge in [0, 0.05) is 12.0 Å². The summed E-state index contributed by atoms with van der Waals surface area (Å²) in [5.74, 6) is -0.146. The first-order valence-corrected chi connectivity index (χ1v) is 13.0. The summed E-state index contributed by atoms with van der Waals surface area (Å²) >= 11 is 0. The van der Waals surface area contributed by atoms with Crippen molar-refractivity contribution in [1.29, 1.82) is 0 Å². The molecule has 4 rings (SSSR count). The van der Waals surface area contributed by atoms with E-state index in [2.05, 4.69) is 12.1 Å². The number of carbonyl (C=O) groups is 2. The van der Waals surface area contributed by atoms with Crippen LogP contribution in [0.2, 0.25) is 0 Å². The fourth-order valence-electron chi connectivity index (χ4n) is 4.56. The number of aryl methyl sites for hydroxylation is 2. The molecule has 1 heterocycles. The number of benzene rings is 3. The largest absolute Gasteiger partial charge is 0.497 e. The molecule has 0 unspecified atom stereocenters. The van der Waals surface area contributed by atoms with Gasteiger partial charge in [0.2, 0.25) is 5.43 Å². The number of methoxy groups -OCH3 is 2. The van der Waals surface area contributed by atoms with E-state index in [0.29, 0.717) is 34.5 Å². The topological polar surface area (TPSA) is 112 Å². The fourth-order valence-corrected chi connectivity index (χ4v) is 4.56. The van der Waals surface area contributed by atoms with Gasteiger partial charge in [0.15, 0.2) is 0 Å².